The Morgan fingerprint density at radius 1 is 1.13 bits per heavy atom. The van der Waals surface area contributed by atoms with Crippen molar-refractivity contribution in [1.82, 2.24) is 4.98 Å². The molecule has 0 radical (unpaired) electrons. The Hall–Kier alpha value is -3.48. The summed E-state index contributed by atoms with van der Waals surface area (Å²) >= 11 is 0. The summed E-state index contributed by atoms with van der Waals surface area (Å²) in [6, 6.07) is 11.2. The molecule has 0 saturated heterocycles. The van der Waals surface area contributed by atoms with E-state index in [1.54, 1.807) is 30.5 Å². The molecule has 23 heavy (non-hydrogen) atoms. The molecule has 0 aliphatic carbocycles. The number of carboxylic acids is 1. The third kappa shape index (κ3) is 2.93. The predicted octanol–water partition coefficient (Wildman–Crippen LogP) is 1.88. The van der Waals surface area contributed by atoms with Crippen molar-refractivity contribution in [2.24, 2.45) is 0 Å². The fourth-order valence-electron chi connectivity index (χ4n) is 2.09. The zero-order chi connectivity index (χ0) is 16.4. The van der Waals surface area contributed by atoms with Gasteiger partial charge in [-0.25, -0.2) is 9.59 Å². The molecule has 7 nitrogen and oxygen atoms in total. The van der Waals surface area contributed by atoms with Crippen LogP contribution in [0.25, 0.3) is 22.2 Å². The quantitative estimate of drug-likeness (QED) is 0.552. The van der Waals surface area contributed by atoms with Crippen LogP contribution in [0.4, 0.5) is 5.69 Å². The Kier molecular flexibility index (Phi) is 3.60. The third-order valence-corrected chi connectivity index (χ3v) is 3.13. The highest BCUT2D eigenvalue weighted by atomic mass is 16.4. The number of carbonyl (C=O) groups is 2. The van der Waals surface area contributed by atoms with Crippen molar-refractivity contribution in [3.05, 3.63) is 59.1 Å². The smallest absolute Gasteiger partial charge is 0.394 e. The number of nitrogens with one attached hydrogen (secondary N) is 1. The molecule has 0 aliphatic heterocycles. The lowest BCUT2D eigenvalue weighted by Crippen LogP contribution is -2.21. The average molecular weight is 310 g/mol. The number of aliphatic carboxylic acids is 1. The SMILES string of the molecule is O=C(O)C(=O)Nc1ccc2oc(=O)c(-c3ccccn3)cc2c1. The summed E-state index contributed by atoms with van der Waals surface area (Å²) < 4.78 is 5.23. The molecule has 1 aromatic carbocycles. The summed E-state index contributed by atoms with van der Waals surface area (Å²) in [6.07, 6.45) is 1.56. The Labute approximate surface area is 129 Å². The maximum absolute atomic E-state index is 12.0. The molecule has 1 amide bonds. The average Bonchev–Trinajstić information content (AvgIpc) is 2.55. The van der Waals surface area contributed by atoms with Gasteiger partial charge in [0.05, 0.1) is 11.3 Å². The van der Waals surface area contributed by atoms with E-state index in [2.05, 4.69) is 10.3 Å². The van der Waals surface area contributed by atoms with Crippen molar-refractivity contribution in [3.8, 4) is 11.3 Å². The fraction of sp³-hybridized carbons (Fsp3) is 0. The molecule has 0 bridgehead atoms. The topological polar surface area (TPSA) is 109 Å². The minimum atomic E-state index is -1.58. The number of anilines is 1. The van der Waals surface area contributed by atoms with E-state index in [-0.39, 0.29) is 11.3 Å². The minimum Gasteiger partial charge on any atom is -0.474 e. The number of hydrogen-bond donors (Lipinski definition) is 2. The van der Waals surface area contributed by atoms with Gasteiger partial charge in [-0.05, 0) is 36.4 Å². The van der Waals surface area contributed by atoms with Crippen molar-refractivity contribution >= 4 is 28.5 Å². The van der Waals surface area contributed by atoms with Crippen molar-refractivity contribution in [2.45, 2.75) is 0 Å². The number of amides is 1. The normalized spacial score (nSPS) is 10.4. The molecule has 0 saturated carbocycles. The van der Waals surface area contributed by atoms with Crippen molar-refractivity contribution in [3.63, 3.8) is 0 Å². The number of hydrogen-bond acceptors (Lipinski definition) is 5. The molecule has 0 aliphatic rings. The first-order valence-corrected chi connectivity index (χ1v) is 6.58. The first-order valence-electron chi connectivity index (χ1n) is 6.58. The van der Waals surface area contributed by atoms with E-state index in [0.717, 1.165) is 0 Å². The predicted molar refractivity (Wildman–Crippen MR) is 82.0 cm³/mol. The number of carbonyl (C=O) groups excluding carboxylic acids is 1. The van der Waals surface area contributed by atoms with E-state index in [1.165, 1.54) is 18.2 Å². The number of fused-ring (bicyclic) bond motifs is 1. The van der Waals surface area contributed by atoms with Gasteiger partial charge in [-0.3, -0.25) is 9.78 Å². The molecule has 0 atom stereocenters. The largest absolute Gasteiger partial charge is 0.474 e. The lowest BCUT2D eigenvalue weighted by Gasteiger charge is -2.05. The maximum Gasteiger partial charge on any atom is 0.394 e. The van der Waals surface area contributed by atoms with Crippen molar-refractivity contribution in [2.75, 3.05) is 5.32 Å². The van der Waals surface area contributed by atoms with Crippen LogP contribution in [0.1, 0.15) is 0 Å². The second-order valence-electron chi connectivity index (χ2n) is 4.67. The van der Waals surface area contributed by atoms with Gasteiger partial charge in [-0.2, -0.15) is 0 Å². The third-order valence-electron chi connectivity index (χ3n) is 3.13. The van der Waals surface area contributed by atoms with E-state index < -0.39 is 17.5 Å². The highest BCUT2D eigenvalue weighted by molar-refractivity contribution is 6.36. The van der Waals surface area contributed by atoms with E-state index >= 15 is 0 Å². The molecule has 2 aromatic heterocycles. The molecular formula is C16H10N2O5. The highest BCUT2D eigenvalue weighted by Crippen LogP contribution is 2.22. The molecule has 2 N–H and O–H groups in total. The number of pyridine rings is 1. The maximum atomic E-state index is 12.0. The molecule has 0 unspecified atom stereocenters. The van der Waals surface area contributed by atoms with Gasteiger partial charge >= 0.3 is 17.5 Å². The molecule has 2 heterocycles. The van der Waals surface area contributed by atoms with Crippen LogP contribution in [0.2, 0.25) is 0 Å². The van der Waals surface area contributed by atoms with Gasteiger partial charge in [0.15, 0.2) is 0 Å². The molecule has 114 valence electrons. The number of benzene rings is 1. The van der Waals surface area contributed by atoms with Crippen LogP contribution in [0.15, 0.2) is 57.9 Å². The molecule has 0 fully saturated rings. The van der Waals surface area contributed by atoms with Gasteiger partial charge < -0.3 is 14.8 Å². The Balaban J connectivity index is 2.08. The summed E-state index contributed by atoms with van der Waals surface area (Å²) in [4.78, 5) is 37.9. The van der Waals surface area contributed by atoms with Crippen molar-refractivity contribution in [1.29, 1.82) is 0 Å². The summed E-state index contributed by atoms with van der Waals surface area (Å²) in [5.41, 5.74) is 0.815. The Morgan fingerprint density at radius 3 is 2.65 bits per heavy atom. The highest BCUT2D eigenvalue weighted by Gasteiger charge is 2.13. The van der Waals surface area contributed by atoms with Crippen LogP contribution in [0.3, 0.4) is 0 Å². The van der Waals surface area contributed by atoms with E-state index in [0.29, 0.717) is 16.7 Å². The van der Waals surface area contributed by atoms with Gasteiger partial charge in [0.25, 0.3) is 0 Å². The van der Waals surface area contributed by atoms with Gasteiger partial charge in [-0.15, -0.1) is 0 Å². The lowest BCUT2D eigenvalue weighted by molar-refractivity contribution is -0.147. The van der Waals surface area contributed by atoms with Crippen LogP contribution in [-0.4, -0.2) is 22.0 Å². The molecule has 7 heteroatoms. The Morgan fingerprint density at radius 2 is 1.96 bits per heavy atom. The van der Waals surface area contributed by atoms with E-state index in [9.17, 15) is 14.4 Å². The first kappa shape index (κ1) is 14.5. The van der Waals surface area contributed by atoms with Crippen LogP contribution in [-0.2, 0) is 9.59 Å². The second-order valence-corrected chi connectivity index (χ2v) is 4.67. The number of rotatable bonds is 2. The Bertz CT molecular complexity index is 963. The van der Waals surface area contributed by atoms with E-state index in [1.807, 2.05) is 0 Å². The monoisotopic (exact) mass is 310 g/mol. The molecule has 3 aromatic rings. The first-order chi connectivity index (χ1) is 11.0. The minimum absolute atomic E-state index is 0.278. The summed E-state index contributed by atoms with van der Waals surface area (Å²) in [5, 5.41) is 11.4. The van der Waals surface area contributed by atoms with Gasteiger partial charge in [0.1, 0.15) is 5.58 Å². The van der Waals surface area contributed by atoms with Gasteiger partial charge in [0.2, 0.25) is 0 Å². The zero-order valence-electron chi connectivity index (χ0n) is 11.6. The molecule has 0 spiro atoms. The fourth-order valence-corrected chi connectivity index (χ4v) is 2.09. The zero-order valence-corrected chi connectivity index (χ0v) is 11.6. The second kappa shape index (κ2) is 5.72. The standard InChI is InChI=1S/C16H10N2O5/c19-14(15(20)21)18-10-4-5-13-9(7-10)8-11(16(22)23-13)12-3-1-2-6-17-12/h1-8H,(H,18,19)(H,20,21). The van der Waals surface area contributed by atoms with Crippen LogP contribution >= 0.6 is 0 Å². The van der Waals surface area contributed by atoms with Crippen molar-refractivity contribution < 1.29 is 19.1 Å². The van der Waals surface area contributed by atoms with Crippen LogP contribution in [0, 0.1) is 0 Å². The summed E-state index contributed by atoms with van der Waals surface area (Å²) in [7, 11) is 0. The molecular weight excluding hydrogens is 300 g/mol. The number of aromatic nitrogens is 1. The lowest BCUT2D eigenvalue weighted by atomic mass is 10.1. The van der Waals surface area contributed by atoms with E-state index in [4.69, 9.17) is 9.52 Å². The molecule has 3 rings (SSSR count). The summed E-state index contributed by atoms with van der Waals surface area (Å²) in [6.45, 7) is 0. The number of nitrogens with zero attached hydrogens (tertiary/aromatic N) is 1. The number of carboxylic acid groups (broad SMARTS) is 1. The van der Waals surface area contributed by atoms with Gasteiger partial charge in [-0.1, -0.05) is 6.07 Å². The van der Waals surface area contributed by atoms with Crippen LogP contribution < -0.4 is 10.9 Å². The van der Waals surface area contributed by atoms with Gasteiger partial charge in [0, 0.05) is 17.3 Å². The summed E-state index contributed by atoms with van der Waals surface area (Å²) in [5.74, 6) is -2.73. The van der Waals surface area contributed by atoms with Crippen LogP contribution in [0.5, 0.6) is 0 Å².